The summed E-state index contributed by atoms with van der Waals surface area (Å²) in [6.45, 7) is 8.13. The van der Waals surface area contributed by atoms with Crippen molar-refractivity contribution >= 4 is 17.4 Å². The van der Waals surface area contributed by atoms with E-state index in [4.69, 9.17) is 4.98 Å². The summed E-state index contributed by atoms with van der Waals surface area (Å²) in [5.41, 5.74) is 6.79. The maximum atomic E-state index is 4.79. The van der Waals surface area contributed by atoms with E-state index in [0.717, 1.165) is 28.8 Å². The molecule has 4 nitrogen and oxygen atoms in total. The predicted octanol–water partition coefficient (Wildman–Crippen LogP) is 6.59. The molecule has 0 bridgehead atoms. The second kappa shape index (κ2) is 10.1. The van der Waals surface area contributed by atoms with Crippen LogP contribution in [0.15, 0.2) is 72.0 Å². The number of aromatic nitrogens is 3. The van der Waals surface area contributed by atoms with E-state index in [9.17, 15) is 0 Å². The molecule has 0 unspecified atom stereocenters. The van der Waals surface area contributed by atoms with Gasteiger partial charge in [0.2, 0.25) is 0 Å². The molecule has 3 heterocycles. The van der Waals surface area contributed by atoms with Crippen molar-refractivity contribution in [3.05, 3.63) is 72.7 Å². The lowest BCUT2D eigenvalue weighted by Crippen LogP contribution is -2.31. The molecular formula is C28H32N4S. The Hall–Kier alpha value is -2.63. The van der Waals surface area contributed by atoms with Crippen LogP contribution in [0.3, 0.4) is 0 Å². The van der Waals surface area contributed by atoms with Gasteiger partial charge in [-0.05, 0) is 61.2 Å². The zero-order chi connectivity index (χ0) is 22.6. The second-order valence-electron chi connectivity index (χ2n) is 9.21. The first-order valence-electron chi connectivity index (χ1n) is 12.1. The Morgan fingerprint density at radius 2 is 1.73 bits per heavy atom. The summed E-state index contributed by atoms with van der Waals surface area (Å²) in [5.74, 6) is 0. The van der Waals surface area contributed by atoms with Gasteiger partial charge in [-0.3, -0.25) is 0 Å². The van der Waals surface area contributed by atoms with Crippen LogP contribution in [0.2, 0.25) is 0 Å². The number of hydrogen-bond donors (Lipinski definition) is 0. The Bertz CT molecular complexity index is 1210. The lowest BCUT2D eigenvalue weighted by atomic mass is 10.0. The van der Waals surface area contributed by atoms with E-state index in [-0.39, 0.29) is 0 Å². The van der Waals surface area contributed by atoms with Crippen LogP contribution in [-0.2, 0) is 6.42 Å². The molecule has 0 amide bonds. The summed E-state index contributed by atoms with van der Waals surface area (Å²) in [5, 5.41) is 5.17. The predicted molar refractivity (Wildman–Crippen MR) is 139 cm³/mol. The van der Waals surface area contributed by atoms with Gasteiger partial charge in [-0.1, -0.05) is 56.7 Å². The van der Waals surface area contributed by atoms with Gasteiger partial charge >= 0.3 is 0 Å². The highest BCUT2D eigenvalue weighted by molar-refractivity contribution is 7.99. The largest absolute Gasteiger partial charge is 0.303 e. The fraction of sp³-hybridized carbons (Fsp3) is 0.357. The first kappa shape index (κ1) is 22.2. The summed E-state index contributed by atoms with van der Waals surface area (Å²) >= 11 is 1.88. The molecule has 33 heavy (non-hydrogen) atoms. The van der Waals surface area contributed by atoms with Gasteiger partial charge in [0.25, 0.3) is 0 Å². The van der Waals surface area contributed by atoms with Gasteiger partial charge in [-0.25, -0.2) is 9.50 Å². The summed E-state index contributed by atoms with van der Waals surface area (Å²) in [4.78, 5) is 8.67. The van der Waals surface area contributed by atoms with E-state index in [2.05, 4.69) is 78.6 Å². The third-order valence-electron chi connectivity index (χ3n) is 6.33. The molecular weight excluding hydrogens is 424 g/mol. The molecule has 0 spiro atoms. The average molecular weight is 457 g/mol. The standard InChI is InChI=1S/C28H32N4S/c1-21(2)33-26-8-6-7-24(17-26)27-19-30-32-20-25(18-29-28(27)32)23-11-9-22(10-12-23)13-16-31-14-4-3-5-15-31/h6-12,17-21H,3-5,13-16H2,1-2H3. The maximum absolute atomic E-state index is 4.79. The Morgan fingerprint density at radius 3 is 2.52 bits per heavy atom. The third-order valence-corrected chi connectivity index (χ3v) is 7.32. The summed E-state index contributed by atoms with van der Waals surface area (Å²) < 4.78 is 1.90. The van der Waals surface area contributed by atoms with E-state index in [1.54, 1.807) is 0 Å². The second-order valence-corrected chi connectivity index (χ2v) is 10.9. The minimum Gasteiger partial charge on any atom is -0.303 e. The van der Waals surface area contributed by atoms with Crippen molar-refractivity contribution in [1.29, 1.82) is 0 Å². The van der Waals surface area contributed by atoms with Crippen molar-refractivity contribution in [3.8, 4) is 22.3 Å². The summed E-state index contributed by atoms with van der Waals surface area (Å²) in [7, 11) is 0. The fourth-order valence-corrected chi connectivity index (χ4v) is 5.47. The molecule has 4 aromatic rings. The molecule has 5 rings (SSSR count). The van der Waals surface area contributed by atoms with Gasteiger partial charge in [0, 0.05) is 40.2 Å². The van der Waals surface area contributed by atoms with Crippen molar-refractivity contribution in [1.82, 2.24) is 19.5 Å². The van der Waals surface area contributed by atoms with Gasteiger partial charge in [0.05, 0.1) is 6.20 Å². The highest BCUT2D eigenvalue weighted by atomic mass is 32.2. The quantitative estimate of drug-likeness (QED) is 0.294. The van der Waals surface area contributed by atoms with Crippen LogP contribution in [0.1, 0.15) is 38.7 Å². The molecule has 2 aromatic carbocycles. The zero-order valence-electron chi connectivity index (χ0n) is 19.6. The van der Waals surface area contributed by atoms with Gasteiger partial charge in [-0.2, -0.15) is 5.10 Å². The first-order valence-corrected chi connectivity index (χ1v) is 13.0. The highest BCUT2D eigenvalue weighted by Gasteiger charge is 2.12. The van der Waals surface area contributed by atoms with Crippen LogP contribution in [0.25, 0.3) is 27.9 Å². The van der Waals surface area contributed by atoms with Gasteiger partial charge in [0.15, 0.2) is 5.65 Å². The summed E-state index contributed by atoms with van der Waals surface area (Å²) in [6, 6.07) is 17.6. The molecule has 170 valence electrons. The van der Waals surface area contributed by atoms with Gasteiger partial charge in [-0.15, -0.1) is 11.8 Å². The number of benzene rings is 2. The van der Waals surface area contributed by atoms with Crippen molar-refractivity contribution < 1.29 is 0 Å². The van der Waals surface area contributed by atoms with Crippen molar-refractivity contribution in [2.45, 2.75) is 49.7 Å². The number of fused-ring (bicyclic) bond motifs is 1. The topological polar surface area (TPSA) is 33.4 Å². The molecule has 0 radical (unpaired) electrons. The fourth-order valence-electron chi connectivity index (χ4n) is 4.57. The smallest absolute Gasteiger partial charge is 0.162 e. The Kier molecular flexibility index (Phi) is 6.79. The molecule has 1 aliphatic rings. The zero-order valence-corrected chi connectivity index (χ0v) is 20.4. The van der Waals surface area contributed by atoms with Gasteiger partial charge < -0.3 is 4.90 Å². The van der Waals surface area contributed by atoms with Crippen molar-refractivity contribution in [2.75, 3.05) is 19.6 Å². The number of thioether (sulfide) groups is 1. The van der Waals surface area contributed by atoms with E-state index < -0.39 is 0 Å². The monoisotopic (exact) mass is 456 g/mol. The number of likely N-dealkylation sites (tertiary alicyclic amines) is 1. The Balaban J connectivity index is 1.32. The van der Waals surface area contributed by atoms with Crippen LogP contribution < -0.4 is 0 Å². The van der Waals surface area contributed by atoms with Gasteiger partial charge in [0.1, 0.15) is 0 Å². The minimum absolute atomic E-state index is 0.556. The van der Waals surface area contributed by atoms with E-state index in [0.29, 0.717) is 5.25 Å². The van der Waals surface area contributed by atoms with E-state index in [1.807, 2.05) is 28.7 Å². The normalized spacial score (nSPS) is 14.9. The molecule has 1 saturated heterocycles. The first-order chi connectivity index (χ1) is 16.2. The number of nitrogens with zero attached hydrogens (tertiary/aromatic N) is 4. The SMILES string of the molecule is CC(C)Sc1cccc(-c2cnn3cc(-c4ccc(CCN5CCCCC5)cc4)cnc23)c1. The third kappa shape index (κ3) is 5.31. The van der Waals surface area contributed by atoms with Crippen LogP contribution in [0, 0.1) is 0 Å². The molecule has 5 heteroatoms. The number of piperidine rings is 1. The molecule has 1 fully saturated rings. The van der Waals surface area contributed by atoms with Crippen LogP contribution >= 0.6 is 11.8 Å². The van der Waals surface area contributed by atoms with Crippen LogP contribution in [0.5, 0.6) is 0 Å². The summed E-state index contributed by atoms with van der Waals surface area (Å²) in [6.07, 6.45) is 11.2. The lowest BCUT2D eigenvalue weighted by molar-refractivity contribution is 0.231. The molecule has 0 atom stereocenters. The van der Waals surface area contributed by atoms with Crippen LogP contribution in [-0.4, -0.2) is 44.4 Å². The molecule has 0 saturated carbocycles. The Morgan fingerprint density at radius 1 is 0.909 bits per heavy atom. The minimum atomic E-state index is 0.556. The Labute approximate surface area is 201 Å². The highest BCUT2D eigenvalue weighted by Crippen LogP contribution is 2.30. The molecule has 1 aliphatic heterocycles. The van der Waals surface area contributed by atoms with Crippen molar-refractivity contribution in [2.24, 2.45) is 0 Å². The average Bonchev–Trinajstić information content (AvgIpc) is 3.27. The number of rotatable bonds is 7. The molecule has 2 aromatic heterocycles. The van der Waals surface area contributed by atoms with Crippen LogP contribution in [0.4, 0.5) is 0 Å². The molecule has 0 aliphatic carbocycles. The molecule has 0 N–H and O–H groups in total. The maximum Gasteiger partial charge on any atom is 0.162 e. The van der Waals surface area contributed by atoms with E-state index in [1.165, 1.54) is 54.9 Å². The lowest BCUT2D eigenvalue weighted by Gasteiger charge is -2.26. The van der Waals surface area contributed by atoms with Crippen molar-refractivity contribution in [3.63, 3.8) is 0 Å². The number of hydrogen-bond acceptors (Lipinski definition) is 4. The van der Waals surface area contributed by atoms with E-state index >= 15 is 0 Å².